The molecule has 0 spiro atoms. The molecule has 0 bridgehead atoms. The first-order valence-electron chi connectivity index (χ1n) is 9.45. The molecular formula is C18H26I2N6O2. The van der Waals surface area contributed by atoms with Crippen LogP contribution in [0, 0.1) is 7.14 Å². The Kier molecular flexibility index (Phi) is 15.0. The number of azide groups is 2. The number of ether oxygens (including phenoxy) is 2. The van der Waals surface area contributed by atoms with Gasteiger partial charge in [-0.25, -0.2) is 0 Å². The third kappa shape index (κ3) is 11.7. The van der Waals surface area contributed by atoms with Gasteiger partial charge in [-0.15, -0.1) is 0 Å². The minimum Gasteiger partial charge on any atom is -0.492 e. The van der Waals surface area contributed by atoms with Gasteiger partial charge in [-0.3, -0.25) is 0 Å². The molecule has 1 aromatic rings. The summed E-state index contributed by atoms with van der Waals surface area (Å²) in [6, 6.07) is 4.05. The van der Waals surface area contributed by atoms with Gasteiger partial charge in [0.2, 0.25) is 0 Å². The van der Waals surface area contributed by atoms with Crippen molar-refractivity contribution in [2.24, 2.45) is 10.2 Å². The molecule has 8 nitrogen and oxygen atoms in total. The van der Waals surface area contributed by atoms with Crippen molar-refractivity contribution in [3.05, 3.63) is 40.2 Å². The summed E-state index contributed by atoms with van der Waals surface area (Å²) in [7, 11) is 0. The number of rotatable bonds is 16. The summed E-state index contributed by atoms with van der Waals surface area (Å²) < 4.78 is 13.9. The van der Waals surface area contributed by atoms with Crippen LogP contribution >= 0.6 is 45.2 Å². The molecule has 0 heterocycles. The number of unbranched alkanes of at least 4 members (excludes halogenated alkanes) is 6. The van der Waals surface area contributed by atoms with Crippen LogP contribution in [-0.2, 0) is 0 Å². The van der Waals surface area contributed by atoms with Crippen molar-refractivity contribution < 1.29 is 9.47 Å². The highest BCUT2D eigenvalue weighted by atomic mass is 127. The average Bonchev–Trinajstić information content (AvgIpc) is 2.69. The maximum Gasteiger partial charge on any atom is 0.133 e. The van der Waals surface area contributed by atoms with E-state index in [1.165, 1.54) is 0 Å². The summed E-state index contributed by atoms with van der Waals surface area (Å²) in [5, 5.41) is 7.07. The molecule has 0 aliphatic carbocycles. The predicted molar refractivity (Wildman–Crippen MR) is 128 cm³/mol. The van der Waals surface area contributed by atoms with Gasteiger partial charge in [0.05, 0.1) is 20.4 Å². The second-order valence-electron chi connectivity index (χ2n) is 6.15. The number of benzene rings is 1. The molecule has 0 unspecified atom stereocenters. The van der Waals surface area contributed by atoms with E-state index in [2.05, 4.69) is 65.2 Å². The summed E-state index contributed by atoms with van der Waals surface area (Å²) in [5.41, 5.74) is 16.4. The van der Waals surface area contributed by atoms with Gasteiger partial charge in [0.15, 0.2) is 0 Å². The Morgan fingerprint density at radius 2 is 1.07 bits per heavy atom. The zero-order valence-corrected chi connectivity index (χ0v) is 20.2. The molecule has 0 aromatic heterocycles. The molecule has 0 saturated heterocycles. The smallest absolute Gasteiger partial charge is 0.133 e. The molecule has 0 amide bonds. The molecule has 1 aromatic carbocycles. The van der Waals surface area contributed by atoms with Crippen LogP contribution in [0.3, 0.4) is 0 Å². The lowest BCUT2D eigenvalue weighted by Gasteiger charge is -2.13. The van der Waals surface area contributed by atoms with E-state index in [-0.39, 0.29) is 0 Å². The zero-order valence-electron chi connectivity index (χ0n) is 15.9. The Morgan fingerprint density at radius 1 is 0.679 bits per heavy atom. The Balaban J connectivity index is 2.25. The predicted octanol–water partition coefficient (Wildman–Crippen LogP) is 7.39. The molecule has 0 aliphatic heterocycles. The lowest BCUT2D eigenvalue weighted by atomic mass is 10.2. The van der Waals surface area contributed by atoms with E-state index in [1.807, 2.05) is 12.1 Å². The van der Waals surface area contributed by atoms with E-state index in [1.54, 1.807) is 0 Å². The van der Waals surface area contributed by atoms with Crippen molar-refractivity contribution in [2.45, 2.75) is 51.4 Å². The molecule has 154 valence electrons. The SMILES string of the molecule is [N-]=[N+]=NCCCCCCOc1cc(I)c(OCCCCCCN=[N+]=[N-])cc1I. The molecule has 0 N–H and O–H groups in total. The van der Waals surface area contributed by atoms with Crippen LogP contribution in [0.25, 0.3) is 20.9 Å². The number of halogens is 2. The topological polar surface area (TPSA) is 116 Å². The van der Waals surface area contributed by atoms with E-state index in [9.17, 15) is 0 Å². The van der Waals surface area contributed by atoms with Crippen LogP contribution in [-0.4, -0.2) is 26.3 Å². The highest BCUT2D eigenvalue weighted by molar-refractivity contribution is 14.1. The van der Waals surface area contributed by atoms with Crippen molar-refractivity contribution in [1.29, 1.82) is 0 Å². The molecule has 0 saturated carbocycles. The fourth-order valence-electron chi connectivity index (χ4n) is 2.46. The van der Waals surface area contributed by atoms with Crippen LogP contribution in [0.15, 0.2) is 22.4 Å². The second kappa shape index (κ2) is 16.8. The van der Waals surface area contributed by atoms with Crippen molar-refractivity contribution in [3.8, 4) is 11.5 Å². The summed E-state index contributed by atoms with van der Waals surface area (Å²) in [6.07, 6.45) is 8.07. The molecule has 1 rings (SSSR count). The summed E-state index contributed by atoms with van der Waals surface area (Å²) in [6.45, 7) is 2.52. The normalized spacial score (nSPS) is 10.1. The van der Waals surface area contributed by atoms with Crippen molar-refractivity contribution in [1.82, 2.24) is 0 Å². The van der Waals surface area contributed by atoms with Gasteiger partial charge < -0.3 is 9.47 Å². The Labute approximate surface area is 193 Å². The molecule has 0 atom stereocenters. The van der Waals surface area contributed by atoms with Crippen molar-refractivity contribution >= 4 is 45.2 Å². The summed E-state index contributed by atoms with van der Waals surface area (Å²) in [4.78, 5) is 5.50. The van der Waals surface area contributed by atoms with Crippen molar-refractivity contribution in [3.63, 3.8) is 0 Å². The van der Waals surface area contributed by atoms with Crippen LogP contribution in [0.2, 0.25) is 0 Å². The van der Waals surface area contributed by atoms with Gasteiger partial charge >= 0.3 is 0 Å². The minimum absolute atomic E-state index is 0.574. The van der Waals surface area contributed by atoms with Gasteiger partial charge in [-0.05, 0) is 94.1 Å². The highest BCUT2D eigenvalue weighted by Gasteiger charge is 2.09. The molecule has 0 fully saturated rings. The van der Waals surface area contributed by atoms with Crippen LogP contribution < -0.4 is 9.47 Å². The highest BCUT2D eigenvalue weighted by Crippen LogP contribution is 2.31. The lowest BCUT2D eigenvalue weighted by molar-refractivity contribution is 0.293. The van der Waals surface area contributed by atoms with Crippen LogP contribution in [0.1, 0.15) is 51.4 Å². The number of hydrogen-bond acceptors (Lipinski definition) is 4. The number of nitrogens with zero attached hydrogens (tertiary/aromatic N) is 6. The van der Waals surface area contributed by atoms with E-state index < -0.39 is 0 Å². The quantitative estimate of drug-likeness (QED) is 0.0637. The van der Waals surface area contributed by atoms with Gasteiger partial charge in [0.1, 0.15) is 11.5 Å². The van der Waals surface area contributed by atoms with Crippen LogP contribution in [0.4, 0.5) is 0 Å². The van der Waals surface area contributed by atoms with Crippen molar-refractivity contribution in [2.75, 3.05) is 26.3 Å². The second-order valence-corrected chi connectivity index (χ2v) is 8.47. The first-order valence-corrected chi connectivity index (χ1v) is 11.6. The molecule has 0 aliphatic rings. The summed E-state index contributed by atoms with van der Waals surface area (Å²) in [5.74, 6) is 1.79. The maximum atomic E-state index is 8.22. The Morgan fingerprint density at radius 3 is 1.46 bits per heavy atom. The van der Waals surface area contributed by atoms with E-state index >= 15 is 0 Å². The zero-order chi connectivity index (χ0) is 20.5. The molecule has 0 radical (unpaired) electrons. The van der Waals surface area contributed by atoms with E-state index in [4.69, 9.17) is 20.5 Å². The first kappa shape index (κ1) is 24.9. The first-order chi connectivity index (χ1) is 13.7. The van der Waals surface area contributed by atoms with Gasteiger partial charge in [0, 0.05) is 22.9 Å². The fraction of sp³-hybridized carbons (Fsp3) is 0.667. The van der Waals surface area contributed by atoms with E-state index in [0.29, 0.717) is 26.3 Å². The Bertz CT molecular complexity index is 619. The maximum absolute atomic E-state index is 8.22. The third-order valence-electron chi connectivity index (χ3n) is 3.93. The van der Waals surface area contributed by atoms with Gasteiger partial charge in [-0.2, -0.15) is 0 Å². The summed E-state index contributed by atoms with van der Waals surface area (Å²) >= 11 is 4.56. The minimum atomic E-state index is 0.574. The molecule has 28 heavy (non-hydrogen) atoms. The number of hydrogen-bond donors (Lipinski definition) is 0. The monoisotopic (exact) mass is 612 g/mol. The lowest BCUT2D eigenvalue weighted by Crippen LogP contribution is -2.02. The Hall–Kier alpha value is -1.10. The van der Waals surface area contributed by atoms with E-state index in [0.717, 1.165) is 70.0 Å². The van der Waals surface area contributed by atoms with Gasteiger partial charge in [0.25, 0.3) is 0 Å². The standard InChI is InChI=1S/C18H26I2N6O2/c19-15-14-18(28-12-8-4-2-6-10-24-26-22)16(20)13-17(15)27-11-7-3-1-5-9-23-25-21/h13-14H,1-12H2. The molecule has 10 heteroatoms. The van der Waals surface area contributed by atoms with Gasteiger partial charge in [-0.1, -0.05) is 35.9 Å². The van der Waals surface area contributed by atoms with Crippen LogP contribution in [0.5, 0.6) is 11.5 Å². The molecular weight excluding hydrogens is 586 g/mol. The third-order valence-corrected chi connectivity index (χ3v) is 5.62. The largest absolute Gasteiger partial charge is 0.492 e. The fourth-order valence-corrected chi connectivity index (χ4v) is 3.65. The average molecular weight is 612 g/mol.